The minimum Gasteiger partial charge on any atom is -0.668 e. The summed E-state index contributed by atoms with van der Waals surface area (Å²) in [5, 5.41) is 11.5. The Morgan fingerprint density at radius 2 is 1.65 bits per heavy atom. The Balaban J connectivity index is -0.000000122. The van der Waals surface area contributed by atoms with Crippen molar-refractivity contribution < 1.29 is 25.8 Å². The Bertz CT molecular complexity index is 202. The van der Waals surface area contributed by atoms with Crippen molar-refractivity contribution in [1.82, 2.24) is 0 Å². The molecule has 0 radical (unpaired) electrons. The van der Waals surface area contributed by atoms with E-state index >= 15 is 0 Å². The molecule has 0 atom stereocenters. The minimum atomic E-state index is 0. The van der Waals surface area contributed by atoms with E-state index in [1.165, 1.54) is 19.3 Å². The average Bonchev–Trinajstić information content (AvgIpc) is 2.89. The zero-order valence-electron chi connectivity index (χ0n) is 14.3. The molecule has 4 heteroatoms. The molecular weight excluding hydrogens is 413 g/mol. The smallest absolute Gasteiger partial charge is 0.668 e. The van der Waals surface area contributed by atoms with Gasteiger partial charge < -0.3 is 23.4 Å². The normalized spacial score (nSPS) is 10.9. The molecule has 0 N–H and O–H groups in total. The molecule has 3 nitrogen and oxygen atoms in total. The summed E-state index contributed by atoms with van der Waals surface area (Å²) in [5.41, 5.74) is 1.57. The molecule has 0 fully saturated rings. The summed E-state index contributed by atoms with van der Waals surface area (Å²) in [7, 11) is 5.31. The van der Waals surface area contributed by atoms with Crippen molar-refractivity contribution in [2.24, 2.45) is 0 Å². The van der Waals surface area contributed by atoms with Crippen molar-refractivity contribution >= 4 is 0 Å². The summed E-state index contributed by atoms with van der Waals surface area (Å²) in [6, 6.07) is 0. The van der Waals surface area contributed by atoms with Gasteiger partial charge in [0.15, 0.2) is 0 Å². The van der Waals surface area contributed by atoms with Crippen LogP contribution in [0.2, 0.25) is 0 Å². The fraction of sp³-hybridized carbons (Fsp3) is 0.688. The molecule has 0 bridgehead atoms. The van der Waals surface area contributed by atoms with E-state index in [2.05, 4.69) is 41.1 Å². The number of hydrogen-bond donors (Lipinski definition) is 0. The standard InChI is InChI=1S/C10H16N.C3H8N.C2H6N.CH3.Hf/c1-2-11-9-5-8-10-6-3-4-7-10;1-3-4-2;1-3-2;;/h3-4,6H,2,5,7-9H2,1H3;3H2,1-2H3;1-2H3;1H3;/q4*-1;+4. The molecule has 0 heterocycles. The van der Waals surface area contributed by atoms with Gasteiger partial charge in [-0.15, -0.1) is 6.54 Å². The summed E-state index contributed by atoms with van der Waals surface area (Å²) >= 11 is 0. The summed E-state index contributed by atoms with van der Waals surface area (Å²) in [5.74, 6) is 0. The molecule has 0 unspecified atom stereocenters. The van der Waals surface area contributed by atoms with Crippen LogP contribution in [0.15, 0.2) is 23.8 Å². The van der Waals surface area contributed by atoms with Gasteiger partial charge in [-0.1, -0.05) is 44.1 Å². The van der Waals surface area contributed by atoms with Crippen LogP contribution in [0, 0.1) is 7.43 Å². The van der Waals surface area contributed by atoms with E-state index in [1.54, 1.807) is 26.7 Å². The molecule has 20 heavy (non-hydrogen) atoms. The van der Waals surface area contributed by atoms with Gasteiger partial charge in [-0.3, -0.25) is 0 Å². The molecule has 0 aliphatic heterocycles. The molecule has 1 aliphatic carbocycles. The fourth-order valence-corrected chi connectivity index (χ4v) is 1.25. The van der Waals surface area contributed by atoms with Crippen LogP contribution < -0.4 is 0 Å². The molecule has 0 amide bonds. The predicted molar refractivity (Wildman–Crippen MR) is 91.3 cm³/mol. The van der Waals surface area contributed by atoms with Gasteiger partial charge in [-0.2, -0.15) is 34.2 Å². The van der Waals surface area contributed by atoms with Gasteiger partial charge in [-0.05, 0) is 12.8 Å². The quantitative estimate of drug-likeness (QED) is 0.309. The first-order chi connectivity index (χ1) is 8.76. The third kappa shape index (κ3) is 26.7. The number of allylic oxidation sites excluding steroid dienone is 4. The van der Waals surface area contributed by atoms with Gasteiger partial charge in [0.25, 0.3) is 0 Å². The summed E-state index contributed by atoms with van der Waals surface area (Å²) in [6.07, 6.45) is 10.2. The van der Waals surface area contributed by atoms with E-state index < -0.39 is 0 Å². The second kappa shape index (κ2) is 27.6. The Morgan fingerprint density at radius 3 is 2.00 bits per heavy atom. The van der Waals surface area contributed by atoms with Crippen molar-refractivity contribution in [3.8, 4) is 0 Å². The van der Waals surface area contributed by atoms with Crippen molar-refractivity contribution in [3.63, 3.8) is 0 Å². The van der Waals surface area contributed by atoms with Crippen LogP contribution in [-0.4, -0.2) is 40.8 Å². The second-order valence-electron chi connectivity index (χ2n) is 3.90. The van der Waals surface area contributed by atoms with Crippen LogP contribution >= 0.6 is 0 Å². The second-order valence-corrected chi connectivity index (χ2v) is 3.90. The van der Waals surface area contributed by atoms with Gasteiger partial charge in [0.2, 0.25) is 0 Å². The Labute approximate surface area is 146 Å². The molecule has 1 aliphatic rings. The molecule has 0 saturated heterocycles. The van der Waals surface area contributed by atoms with Crippen LogP contribution in [0.3, 0.4) is 0 Å². The number of rotatable bonds is 6. The van der Waals surface area contributed by atoms with Gasteiger partial charge >= 0.3 is 25.8 Å². The Kier molecular flexibility index (Phi) is 39.1. The summed E-state index contributed by atoms with van der Waals surface area (Å²) in [6.45, 7) is 7.06. The van der Waals surface area contributed by atoms with Crippen LogP contribution in [0.1, 0.15) is 33.1 Å². The zero-order valence-corrected chi connectivity index (χ0v) is 17.9. The van der Waals surface area contributed by atoms with Crippen molar-refractivity contribution in [2.75, 3.05) is 40.8 Å². The maximum absolute atomic E-state index is 4.29. The Hall–Kier alpha value is 0.230. The van der Waals surface area contributed by atoms with E-state index in [0.717, 1.165) is 19.6 Å². The summed E-state index contributed by atoms with van der Waals surface area (Å²) in [4.78, 5) is 0. The molecule has 0 aromatic heterocycles. The molecule has 0 aromatic carbocycles. The van der Waals surface area contributed by atoms with Crippen LogP contribution in [0.25, 0.3) is 16.0 Å². The minimum absolute atomic E-state index is 0. The molecular formula is C16H33HfN3. The van der Waals surface area contributed by atoms with E-state index in [0.29, 0.717) is 0 Å². The first kappa shape index (κ1) is 28.4. The van der Waals surface area contributed by atoms with Gasteiger partial charge in [-0.25, -0.2) is 0 Å². The van der Waals surface area contributed by atoms with Crippen LogP contribution in [-0.2, 0) is 25.8 Å². The van der Waals surface area contributed by atoms with Crippen LogP contribution in [0.5, 0.6) is 0 Å². The molecule has 0 aromatic rings. The summed E-state index contributed by atoms with van der Waals surface area (Å²) < 4.78 is 0. The third-order valence-corrected chi connectivity index (χ3v) is 2.20. The Morgan fingerprint density at radius 1 is 1.10 bits per heavy atom. The van der Waals surface area contributed by atoms with Crippen molar-refractivity contribution in [3.05, 3.63) is 47.2 Å². The van der Waals surface area contributed by atoms with Gasteiger partial charge in [0.1, 0.15) is 0 Å². The van der Waals surface area contributed by atoms with Gasteiger partial charge in [0.05, 0.1) is 0 Å². The number of hydrogen-bond acceptors (Lipinski definition) is 0. The third-order valence-electron chi connectivity index (χ3n) is 2.20. The van der Waals surface area contributed by atoms with E-state index in [1.807, 2.05) is 6.92 Å². The average molecular weight is 446 g/mol. The van der Waals surface area contributed by atoms with Gasteiger partial charge in [0, 0.05) is 0 Å². The SMILES string of the molecule is CC[N-]C.CC[N-]CCCC1=CC=CC1.C[N-]C.[CH3-].[Hf+4]. The fourth-order valence-electron chi connectivity index (χ4n) is 1.25. The van der Waals surface area contributed by atoms with E-state index in [4.69, 9.17) is 0 Å². The number of nitrogens with zero attached hydrogens (tertiary/aromatic N) is 3. The first-order valence-electron chi connectivity index (χ1n) is 6.78. The van der Waals surface area contributed by atoms with Crippen molar-refractivity contribution in [2.45, 2.75) is 33.1 Å². The maximum atomic E-state index is 4.29. The van der Waals surface area contributed by atoms with Crippen LogP contribution in [0.4, 0.5) is 0 Å². The largest absolute Gasteiger partial charge is 4.00 e. The van der Waals surface area contributed by atoms with Crippen molar-refractivity contribution in [1.29, 1.82) is 0 Å². The molecule has 0 spiro atoms. The molecule has 1 rings (SSSR count). The molecule has 116 valence electrons. The van der Waals surface area contributed by atoms with E-state index in [-0.39, 0.29) is 33.3 Å². The first-order valence-corrected chi connectivity index (χ1v) is 6.78. The predicted octanol–water partition coefficient (Wildman–Crippen LogP) is 5.12. The zero-order chi connectivity index (χ0) is 14.1. The molecule has 0 saturated carbocycles. The topological polar surface area (TPSA) is 42.3 Å². The van der Waals surface area contributed by atoms with E-state index in [9.17, 15) is 0 Å². The maximum Gasteiger partial charge on any atom is 4.00 e. The monoisotopic (exact) mass is 447 g/mol.